The van der Waals surface area contributed by atoms with Crippen molar-refractivity contribution in [2.24, 2.45) is 17.8 Å². The van der Waals surface area contributed by atoms with Crippen molar-refractivity contribution < 1.29 is 18.7 Å². The summed E-state index contributed by atoms with van der Waals surface area (Å²) >= 11 is 0. The maximum Gasteiger partial charge on any atom is 0.254 e. The van der Waals surface area contributed by atoms with E-state index >= 15 is 0 Å². The van der Waals surface area contributed by atoms with Crippen molar-refractivity contribution in [1.82, 2.24) is 24.1 Å². The Bertz CT molecular complexity index is 1520. The lowest BCUT2D eigenvalue weighted by Crippen LogP contribution is -2.51. The number of morpholine rings is 1. The zero-order valence-corrected chi connectivity index (χ0v) is 25.3. The first-order valence-electron chi connectivity index (χ1n) is 16.0. The molecule has 8 nitrogen and oxygen atoms in total. The molecule has 1 aliphatic carbocycles. The number of piperidine rings is 1. The third kappa shape index (κ3) is 5.69. The van der Waals surface area contributed by atoms with Gasteiger partial charge in [0.2, 0.25) is 5.91 Å². The minimum Gasteiger partial charge on any atom is -0.377 e. The highest BCUT2D eigenvalue weighted by atomic mass is 19.1. The Labute approximate surface area is 252 Å². The highest BCUT2D eigenvalue weighted by molar-refractivity contribution is 6.03. The molecule has 0 bridgehead atoms. The van der Waals surface area contributed by atoms with Gasteiger partial charge in [-0.05, 0) is 81.5 Å². The summed E-state index contributed by atoms with van der Waals surface area (Å²) in [6, 6.07) is 6.68. The molecule has 2 aromatic heterocycles. The van der Waals surface area contributed by atoms with Crippen LogP contribution in [0.25, 0.3) is 16.6 Å². The molecule has 4 fully saturated rings. The first-order chi connectivity index (χ1) is 20.9. The second kappa shape index (κ2) is 11.7. The van der Waals surface area contributed by atoms with Crippen molar-refractivity contribution in [3.05, 3.63) is 59.4 Å². The third-order valence-electron chi connectivity index (χ3n) is 9.96. The van der Waals surface area contributed by atoms with Crippen LogP contribution in [0.5, 0.6) is 0 Å². The number of amides is 2. The second-order valence-electron chi connectivity index (χ2n) is 13.3. The van der Waals surface area contributed by atoms with Crippen LogP contribution in [0.3, 0.4) is 0 Å². The minimum absolute atomic E-state index is 0.0676. The summed E-state index contributed by atoms with van der Waals surface area (Å²) in [7, 11) is 0. The van der Waals surface area contributed by atoms with Crippen LogP contribution in [-0.4, -0.2) is 94.4 Å². The van der Waals surface area contributed by atoms with Gasteiger partial charge in [0.15, 0.2) is 0 Å². The molecule has 9 heteroatoms. The number of ether oxygens (including phenoxy) is 1. The first kappa shape index (κ1) is 28.5. The summed E-state index contributed by atoms with van der Waals surface area (Å²) in [4.78, 5) is 37.1. The molecule has 1 aromatic carbocycles. The third-order valence-corrected chi connectivity index (χ3v) is 9.96. The van der Waals surface area contributed by atoms with Crippen LogP contribution < -0.4 is 0 Å². The normalized spacial score (nSPS) is 22.3. The fourth-order valence-corrected chi connectivity index (χ4v) is 7.42. The van der Waals surface area contributed by atoms with Gasteiger partial charge in [0.1, 0.15) is 5.82 Å². The Morgan fingerprint density at radius 3 is 2.53 bits per heavy atom. The maximum atomic E-state index is 14.6. The van der Waals surface area contributed by atoms with Gasteiger partial charge in [0, 0.05) is 68.3 Å². The average Bonchev–Trinajstić information content (AvgIpc) is 3.78. The number of aromatic nitrogens is 2. The number of aryl methyl sites for hydroxylation is 1. The molecule has 0 radical (unpaired) electrons. The highest BCUT2D eigenvalue weighted by Gasteiger charge is 2.36. The Morgan fingerprint density at radius 1 is 1.00 bits per heavy atom. The number of nitrogens with zero attached hydrogens (tertiary/aromatic N) is 5. The maximum absolute atomic E-state index is 14.6. The molecular weight excluding hydrogens is 545 g/mol. The van der Waals surface area contributed by atoms with Gasteiger partial charge in [-0.3, -0.25) is 14.6 Å². The lowest BCUT2D eigenvalue weighted by molar-refractivity contribution is -0.134. The van der Waals surface area contributed by atoms with Gasteiger partial charge < -0.3 is 23.8 Å². The van der Waals surface area contributed by atoms with Crippen molar-refractivity contribution in [3.8, 4) is 11.1 Å². The molecule has 43 heavy (non-hydrogen) atoms. The standard InChI is InChI=1S/C34H42FN5O3/c1-22-16-36-17-32-30(29-6-5-27(35)14-31(29)34(42)39-11-12-43-21-23(39)2)15-28(40(22)32)13-25-19-37(20-25)18-24-7-9-38(10-8-24)33(41)26-3-4-26/h5-6,14-17,23-26H,3-4,7-13,18-21H2,1-2H3/t23-/m1/s1. The number of halogens is 1. The van der Waals surface area contributed by atoms with E-state index in [1.807, 2.05) is 19.3 Å². The van der Waals surface area contributed by atoms with E-state index in [1.165, 1.54) is 17.8 Å². The van der Waals surface area contributed by atoms with Crippen LogP contribution in [0.1, 0.15) is 54.4 Å². The molecule has 3 aliphatic heterocycles. The molecule has 1 saturated carbocycles. The zero-order valence-electron chi connectivity index (χ0n) is 25.3. The molecule has 4 aliphatic rings. The first-order valence-corrected chi connectivity index (χ1v) is 16.0. The number of rotatable bonds is 7. The molecule has 5 heterocycles. The smallest absolute Gasteiger partial charge is 0.254 e. The predicted octanol–water partition coefficient (Wildman–Crippen LogP) is 4.43. The molecule has 228 valence electrons. The summed E-state index contributed by atoms with van der Waals surface area (Å²) in [5.74, 6) is 1.35. The van der Waals surface area contributed by atoms with E-state index in [-0.39, 0.29) is 11.9 Å². The molecule has 0 unspecified atom stereocenters. The summed E-state index contributed by atoms with van der Waals surface area (Å²) in [5, 5.41) is 0. The van der Waals surface area contributed by atoms with Gasteiger partial charge in [-0.1, -0.05) is 6.07 Å². The monoisotopic (exact) mass is 587 g/mol. The fourth-order valence-electron chi connectivity index (χ4n) is 7.42. The van der Waals surface area contributed by atoms with Crippen molar-refractivity contribution in [2.45, 2.75) is 52.0 Å². The van der Waals surface area contributed by atoms with Crippen molar-refractivity contribution >= 4 is 17.3 Å². The van der Waals surface area contributed by atoms with Crippen LogP contribution in [0.2, 0.25) is 0 Å². The lowest BCUT2D eigenvalue weighted by atomic mass is 9.90. The van der Waals surface area contributed by atoms with E-state index in [9.17, 15) is 14.0 Å². The quantitative estimate of drug-likeness (QED) is 0.409. The second-order valence-corrected chi connectivity index (χ2v) is 13.3. The zero-order chi connectivity index (χ0) is 29.7. The van der Waals surface area contributed by atoms with E-state index in [0.717, 1.165) is 87.2 Å². The average molecular weight is 588 g/mol. The summed E-state index contributed by atoms with van der Waals surface area (Å²) in [5.41, 5.74) is 5.22. The molecule has 0 spiro atoms. The van der Waals surface area contributed by atoms with E-state index in [1.54, 1.807) is 11.0 Å². The van der Waals surface area contributed by atoms with Crippen LogP contribution in [-0.2, 0) is 16.0 Å². The molecule has 2 amide bonds. The van der Waals surface area contributed by atoms with Gasteiger partial charge >= 0.3 is 0 Å². The number of hydrogen-bond acceptors (Lipinski definition) is 5. The van der Waals surface area contributed by atoms with Crippen molar-refractivity contribution in [1.29, 1.82) is 0 Å². The Kier molecular flexibility index (Phi) is 7.72. The Balaban J connectivity index is 1.06. The van der Waals surface area contributed by atoms with E-state index in [0.29, 0.717) is 49.0 Å². The number of likely N-dealkylation sites (tertiary alicyclic amines) is 2. The van der Waals surface area contributed by atoms with Gasteiger partial charge in [0.05, 0.1) is 36.5 Å². The SMILES string of the molecule is Cc1cncc2c(-c3ccc(F)cc3C(=O)N3CCOC[C@H]3C)cc(CC3CN(CC4CCN(C(=O)C5CC5)CC4)C3)n12. The van der Waals surface area contributed by atoms with Gasteiger partial charge in [-0.2, -0.15) is 0 Å². The van der Waals surface area contributed by atoms with Gasteiger partial charge in [0.25, 0.3) is 5.91 Å². The molecular formula is C34H42FN5O3. The minimum atomic E-state index is -0.416. The fraction of sp³-hybridized carbons (Fsp3) is 0.559. The van der Waals surface area contributed by atoms with E-state index in [2.05, 4.69) is 32.2 Å². The number of carbonyl (C=O) groups excluding carboxylic acids is 2. The number of hydrogen-bond donors (Lipinski definition) is 0. The summed E-state index contributed by atoms with van der Waals surface area (Å²) < 4.78 is 22.4. The predicted molar refractivity (Wildman–Crippen MR) is 162 cm³/mol. The molecule has 3 aromatic rings. The Hall–Kier alpha value is -3.30. The molecule has 7 rings (SSSR count). The van der Waals surface area contributed by atoms with E-state index in [4.69, 9.17) is 4.74 Å². The van der Waals surface area contributed by atoms with Crippen LogP contribution >= 0.6 is 0 Å². The topological polar surface area (TPSA) is 70.4 Å². The lowest BCUT2D eigenvalue weighted by Gasteiger charge is -2.43. The van der Waals surface area contributed by atoms with Gasteiger partial charge in [-0.25, -0.2) is 4.39 Å². The molecule has 3 saturated heterocycles. The number of carbonyl (C=O) groups is 2. The number of fused-ring (bicyclic) bond motifs is 1. The van der Waals surface area contributed by atoms with Crippen molar-refractivity contribution in [3.63, 3.8) is 0 Å². The molecule has 1 atom stereocenters. The van der Waals surface area contributed by atoms with Crippen LogP contribution in [0, 0.1) is 30.5 Å². The van der Waals surface area contributed by atoms with Crippen LogP contribution in [0.15, 0.2) is 36.7 Å². The molecule has 0 N–H and O–H groups in total. The summed E-state index contributed by atoms with van der Waals surface area (Å²) in [6.07, 6.45) is 9.05. The largest absolute Gasteiger partial charge is 0.377 e. The number of benzene rings is 1. The van der Waals surface area contributed by atoms with E-state index < -0.39 is 5.82 Å². The van der Waals surface area contributed by atoms with Gasteiger partial charge in [-0.15, -0.1) is 0 Å². The Morgan fingerprint density at radius 2 is 1.79 bits per heavy atom. The highest BCUT2D eigenvalue weighted by Crippen LogP contribution is 2.36. The van der Waals surface area contributed by atoms with Crippen LogP contribution in [0.4, 0.5) is 4.39 Å². The van der Waals surface area contributed by atoms with Crippen molar-refractivity contribution in [2.75, 3.05) is 52.5 Å². The summed E-state index contributed by atoms with van der Waals surface area (Å²) in [6.45, 7) is 10.6.